The molecule has 0 aromatic heterocycles. The number of hydrogen-bond donors (Lipinski definition) is 2. The summed E-state index contributed by atoms with van der Waals surface area (Å²) in [5, 5.41) is 17.0. The topological polar surface area (TPSA) is 120 Å². The van der Waals surface area contributed by atoms with Crippen molar-refractivity contribution in [3.63, 3.8) is 0 Å². The molecular weight excluding hydrogens is 217 g/mol. The second-order valence-corrected chi connectivity index (χ2v) is 2.74. The van der Waals surface area contributed by atoms with Crippen molar-refractivity contribution in [1.82, 2.24) is 0 Å². The normalized spacial score (nSPS) is 10.3. The molecule has 16 heavy (non-hydrogen) atoms. The molecule has 0 unspecified atom stereocenters. The number of benzene rings is 1. The second kappa shape index (κ2) is 4.82. The fourth-order valence-corrected chi connectivity index (χ4v) is 0.914. The highest BCUT2D eigenvalue weighted by Crippen LogP contribution is 2.16. The zero-order valence-electron chi connectivity index (χ0n) is 8.00. The highest BCUT2D eigenvalue weighted by atomic mass is 19.1. The Morgan fingerprint density at radius 2 is 2.19 bits per heavy atom. The zero-order chi connectivity index (χ0) is 12.1. The van der Waals surface area contributed by atoms with Gasteiger partial charge in [-0.15, -0.1) is 5.10 Å². The first-order valence-corrected chi connectivity index (χ1v) is 4.06. The van der Waals surface area contributed by atoms with Gasteiger partial charge in [0.2, 0.25) is 11.8 Å². The number of halogens is 1. The number of rotatable bonds is 3. The van der Waals surface area contributed by atoms with Crippen LogP contribution < -0.4 is 11.5 Å². The van der Waals surface area contributed by atoms with E-state index in [4.69, 9.17) is 11.5 Å². The summed E-state index contributed by atoms with van der Waals surface area (Å²) in [5.41, 5.74) is 9.72. The molecule has 0 aliphatic rings. The van der Waals surface area contributed by atoms with Gasteiger partial charge in [-0.2, -0.15) is 9.49 Å². The average Bonchev–Trinajstić information content (AvgIpc) is 2.16. The van der Waals surface area contributed by atoms with Crippen LogP contribution in [0.4, 0.5) is 10.1 Å². The molecule has 1 aromatic carbocycles. The van der Waals surface area contributed by atoms with E-state index in [2.05, 4.69) is 10.2 Å². The van der Waals surface area contributed by atoms with Crippen molar-refractivity contribution in [2.45, 2.75) is 0 Å². The predicted octanol–water partition coefficient (Wildman–Crippen LogP) is 0.341. The molecule has 0 aliphatic carbocycles. The summed E-state index contributed by atoms with van der Waals surface area (Å²) in [4.78, 5) is 9.50. The van der Waals surface area contributed by atoms with Crippen molar-refractivity contribution in [1.29, 1.82) is 0 Å². The van der Waals surface area contributed by atoms with Crippen LogP contribution in [0.15, 0.2) is 28.4 Å². The maximum absolute atomic E-state index is 13.1. The van der Waals surface area contributed by atoms with E-state index in [1.807, 2.05) is 0 Å². The third kappa shape index (κ3) is 3.01. The molecule has 0 fully saturated rings. The van der Waals surface area contributed by atoms with Gasteiger partial charge in [-0.3, -0.25) is 10.1 Å². The van der Waals surface area contributed by atoms with Gasteiger partial charge < -0.3 is 11.5 Å². The van der Waals surface area contributed by atoms with Gasteiger partial charge in [0.05, 0.1) is 11.1 Å². The molecule has 0 atom stereocenters. The molecule has 0 aliphatic heterocycles. The van der Waals surface area contributed by atoms with Crippen LogP contribution in [0, 0.1) is 15.9 Å². The Labute approximate surface area is 89.4 Å². The van der Waals surface area contributed by atoms with Gasteiger partial charge in [0.25, 0.3) is 0 Å². The Kier molecular flexibility index (Phi) is 3.49. The van der Waals surface area contributed by atoms with E-state index in [0.717, 1.165) is 12.1 Å². The largest absolute Gasteiger partial charge is 0.369 e. The summed E-state index contributed by atoms with van der Waals surface area (Å²) in [5.74, 6) is -1.18. The summed E-state index contributed by atoms with van der Waals surface area (Å²) < 4.78 is 13.1. The van der Waals surface area contributed by atoms with E-state index >= 15 is 0 Å². The fraction of sp³-hybridized carbons (Fsp3) is 0. The van der Waals surface area contributed by atoms with Gasteiger partial charge in [0.15, 0.2) is 0 Å². The van der Waals surface area contributed by atoms with Gasteiger partial charge in [-0.25, -0.2) is 0 Å². The van der Waals surface area contributed by atoms with E-state index in [1.165, 1.54) is 12.3 Å². The van der Waals surface area contributed by atoms with Crippen LogP contribution in [-0.4, -0.2) is 17.1 Å². The summed E-state index contributed by atoms with van der Waals surface area (Å²) in [6.45, 7) is 0. The third-order valence-electron chi connectivity index (χ3n) is 1.55. The summed E-state index contributed by atoms with van der Waals surface area (Å²) in [6.07, 6.45) is 1.17. The number of hydrogen-bond acceptors (Lipinski definition) is 4. The standard InChI is InChI=1S/C8H8FN5O2/c9-6-3-5(4-12-13-8(10)11)1-2-7(6)14(15)16/h1-4H,(H4,10,11,13). The van der Waals surface area contributed by atoms with Gasteiger partial charge in [-0.05, 0) is 17.7 Å². The molecule has 0 heterocycles. The maximum Gasteiger partial charge on any atom is 0.304 e. The van der Waals surface area contributed by atoms with Crippen LogP contribution in [0.1, 0.15) is 5.56 Å². The van der Waals surface area contributed by atoms with Crippen molar-refractivity contribution in [3.8, 4) is 0 Å². The number of nitrogens with zero attached hydrogens (tertiary/aromatic N) is 3. The lowest BCUT2D eigenvalue weighted by Gasteiger charge is -1.94. The molecule has 0 bridgehead atoms. The van der Waals surface area contributed by atoms with Crippen LogP contribution in [0.25, 0.3) is 0 Å². The predicted molar refractivity (Wildman–Crippen MR) is 56.5 cm³/mol. The first kappa shape index (κ1) is 11.6. The Morgan fingerprint density at radius 3 is 2.69 bits per heavy atom. The molecule has 0 saturated heterocycles. The molecule has 0 saturated carbocycles. The lowest BCUT2D eigenvalue weighted by molar-refractivity contribution is -0.387. The van der Waals surface area contributed by atoms with Crippen molar-refractivity contribution < 1.29 is 9.31 Å². The molecule has 0 spiro atoms. The lowest BCUT2D eigenvalue weighted by atomic mass is 10.2. The van der Waals surface area contributed by atoms with Crippen LogP contribution >= 0.6 is 0 Å². The number of nitro benzene ring substituents is 1. The van der Waals surface area contributed by atoms with Crippen LogP contribution in [-0.2, 0) is 0 Å². The van der Waals surface area contributed by atoms with Crippen molar-refractivity contribution >= 4 is 17.9 Å². The molecule has 4 N–H and O–H groups in total. The molecule has 1 rings (SSSR count). The van der Waals surface area contributed by atoms with Gasteiger partial charge in [0.1, 0.15) is 0 Å². The minimum atomic E-state index is -0.946. The number of nitro groups is 1. The minimum absolute atomic E-state index is 0.237. The summed E-state index contributed by atoms with van der Waals surface area (Å²) >= 11 is 0. The lowest BCUT2D eigenvalue weighted by Crippen LogP contribution is -2.21. The maximum atomic E-state index is 13.1. The van der Waals surface area contributed by atoms with E-state index < -0.39 is 16.4 Å². The Bertz CT molecular complexity index is 467. The summed E-state index contributed by atoms with van der Waals surface area (Å²) in [7, 11) is 0. The average molecular weight is 225 g/mol. The molecule has 84 valence electrons. The van der Waals surface area contributed by atoms with Crippen molar-refractivity contribution in [2.75, 3.05) is 0 Å². The van der Waals surface area contributed by atoms with E-state index in [-0.39, 0.29) is 5.96 Å². The van der Waals surface area contributed by atoms with Crippen molar-refractivity contribution in [3.05, 3.63) is 39.7 Å². The van der Waals surface area contributed by atoms with E-state index in [9.17, 15) is 14.5 Å². The summed E-state index contributed by atoms with van der Waals surface area (Å²) in [6, 6.07) is 3.32. The Morgan fingerprint density at radius 1 is 1.50 bits per heavy atom. The third-order valence-corrected chi connectivity index (χ3v) is 1.55. The van der Waals surface area contributed by atoms with Crippen LogP contribution in [0.5, 0.6) is 0 Å². The minimum Gasteiger partial charge on any atom is -0.369 e. The first-order chi connectivity index (χ1) is 7.50. The Balaban J connectivity index is 2.94. The number of guanidine groups is 1. The van der Waals surface area contributed by atoms with Crippen LogP contribution in [0.3, 0.4) is 0 Å². The van der Waals surface area contributed by atoms with Gasteiger partial charge in [-0.1, -0.05) is 0 Å². The second-order valence-electron chi connectivity index (χ2n) is 2.74. The van der Waals surface area contributed by atoms with E-state index in [0.29, 0.717) is 5.56 Å². The molecule has 1 aromatic rings. The van der Waals surface area contributed by atoms with Crippen LogP contribution in [0.2, 0.25) is 0 Å². The highest BCUT2D eigenvalue weighted by Gasteiger charge is 2.12. The van der Waals surface area contributed by atoms with E-state index in [1.54, 1.807) is 0 Å². The molecule has 7 nitrogen and oxygen atoms in total. The zero-order valence-corrected chi connectivity index (χ0v) is 8.00. The monoisotopic (exact) mass is 225 g/mol. The molecule has 8 heteroatoms. The van der Waals surface area contributed by atoms with Crippen molar-refractivity contribution in [2.24, 2.45) is 21.7 Å². The molecule has 0 radical (unpaired) electrons. The smallest absolute Gasteiger partial charge is 0.304 e. The van der Waals surface area contributed by atoms with Gasteiger partial charge >= 0.3 is 5.69 Å². The van der Waals surface area contributed by atoms with Gasteiger partial charge in [0, 0.05) is 6.07 Å². The Hall–Kier alpha value is -2.51. The highest BCUT2D eigenvalue weighted by molar-refractivity contribution is 5.81. The first-order valence-electron chi connectivity index (χ1n) is 4.06. The number of nitrogens with two attached hydrogens (primary N) is 2. The quantitative estimate of drug-likeness (QED) is 0.333. The molecular formula is C8H8FN5O2. The fourth-order valence-electron chi connectivity index (χ4n) is 0.914. The SMILES string of the molecule is NC(N)=NN=Cc1ccc([N+](=O)[O-])c(F)c1. The molecule has 0 amide bonds.